The van der Waals surface area contributed by atoms with Crippen LogP contribution in [-0.4, -0.2) is 66.1 Å². The number of hydrogen-bond donors (Lipinski definition) is 0. The predicted octanol–water partition coefficient (Wildman–Crippen LogP) is 1.72. The summed E-state index contributed by atoms with van der Waals surface area (Å²) in [4.78, 5) is 12.8. The molecule has 164 valence electrons. The summed E-state index contributed by atoms with van der Waals surface area (Å²) in [6.45, 7) is 3.71. The van der Waals surface area contributed by atoms with Gasteiger partial charge in [-0.3, -0.25) is 4.79 Å². The lowest BCUT2D eigenvalue weighted by Crippen LogP contribution is -2.14. The molecule has 2 atom stereocenters. The van der Waals surface area contributed by atoms with Gasteiger partial charge in [0.15, 0.2) is 25.5 Å². The summed E-state index contributed by atoms with van der Waals surface area (Å²) in [5.41, 5.74) is 2.19. The molecule has 0 amide bonds. The van der Waals surface area contributed by atoms with Crippen LogP contribution in [0.1, 0.15) is 52.4 Å². The van der Waals surface area contributed by atoms with Crippen molar-refractivity contribution in [3.05, 3.63) is 28.9 Å². The minimum Gasteiger partial charge on any atom is -0.416 e. The molecule has 2 aromatic heterocycles. The van der Waals surface area contributed by atoms with E-state index in [4.69, 9.17) is 4.42 Å². The molecule has 0 aromatic carbocycles. The van der Waals surface area contributed by atoms with Gasteiger partial charge in [-0.1, -0.05) is 11.8 Å². The third-order valence-electron chi connectivity index (χ3n) is 5.69. The van der Waals surface area contributed by atoms with E-state index in [2.05, 4.69) is 10.2 Å². The number of ketones is 1. The third kappa shape index (κ3) is 4.35. The van der Waals surface area contributed by atoms with E-state index in [-0.39, 0.29) is 51.7 Å². The highest BCUT2D eigenvalue weighted by Crippen LogP contribution is 2.31. The summed E-state index contributed by atoms with van der Waals surface area (Å²) in [5.74, 6) is 0.421. The number of carbonyl (C=O) groups is 1. The van der Waals surface area contributed by atoms with Gasteiger partial charge in [0.2, 0.25) is 5.89 Å². The van der Waals surface area contributed by atoms with Crippen molar-refractivity contribution in [3.8, 4) is 0 Å². The molecule has 0 unspecified atom stereocenters. The van der Waals surface area contributed by atoms with Crippen molar-refractivity contribution in [2.24, 2.45) is 0 Å². The summed E-state index contributed by atoms with van der Waals surface area (Å²) in [6.07, 6.45) is 1.03. The normalized spacial score (nSPS) is 25.0. The average molecular weight is 474 g/mol. The van der Waals surface area contributed by atoms with Gasteiger partial charge in [0, 0.05) is 23.0 Å². The number of sulfone groups is 2. The molecule has 4 rings (SSSR count). The van der Waals surface area contributed by atoms with Crippen LogP contribution in [0.4, 0.5) is 0 Å². The zero-order valence-electron chi connectivity index (χ0n) is 16.7. The largest absolute Gasteiger partial charge is 0.416 e. The Balaban J connectivity index is 1.42. The van der Waals surface area contributed by atoms with E-state index in [1.807, 2.05) is 18.4 Å². The highest BCUT2D eigenvalue weighted by molar-refractivity contribution is 7.99. The number of aromatic nitrogens is 3. The highest BCUT2D eigenvalue weighted by Gasteiger charge is 2.33. The number of nitrogens with zero attached hydrogens (tertiary/aromatic N) is 3. The lowest BCUT2D eigenvalue weighted by molar-refractivity contribution is 0.102. The van der Waals surface area contributed by atoms with Gasteiger partial charge in [-0.2, -0.15) is 0 Å². The van der Waals surface area contributed by atoms with Crippen LogP contribution in [0.3, 0.4) is 0 Å². The molecule has 2 aliphatic rings. The summed E-state index contributed by atoms with van der Waals surface area (Å²) in [7, 11) is -6.07. The second kappa shape index (κ2) is 7.79. The van der Waals surface area contributed by atoms with Crippen LogP contribution in [0.25, 0.3) is 0 Å². The Hall–Kier alpha value is -1.66. The molecule has 0 radical (unpaired) electrons. The SMILES string of the molecule is Cc1cc(C(=O)CSc2nnc([C@@H]3CCS(=O)(=O)C3)o2)c(C)n1[C@H]1CCS(=O)(=O)C1. The van der Waals surface area contributed by atoms with E-state index in [0.29, 0.717) is 24.3 Å². The first kappa shape index (κ1) is 21.6. The zero-order valence-corrected chi connectivity index (χ0v) is 19.1. The van der Waals surface area contributed by atoms with Gasteiger partial charge < -0.3 is 8.98 Å². The van der Waals surface area contributed by atoms with Crippen LogP contribution in [0.15, 0.2) is 15.7 Å². The van der Waals surface area contributed by atoms with Crippen LogP contribution in [0.5, 0.6) is 0 Å². The molecule has 0 spiro atoms. The van der Waals surface area contributed by atoms with E-state index in [1.54, 1.807) is 6.07 Å². The summed E-state index contributed by atoms with van der Waals surface area (Å²) in [6, 6.07) is 1.66. The molecule has 2 aliphatic heterocycles. The molecule has 9 nitrogen and oxygen atoms in total. The quantitative estimate of drug-likeness (QED) is 0.455. The Morgan fingerprint density at radius 3 is 2.47 bits per heavy atom. The predicted molar refractivity (Wildman–Crippen MR) is 112 cm³/mol. The van der Waals surface area contributed by atoms with Gasteiger partial charge >= 0.3 is 0 Å². The Morgan fingerprint density at radius 1 is 1.13 bits per heavy atom. The van der Waals surface area contributed by atoms with Crippen molar-refractivity contribution in [2.75, 3.05) is 28.8 Å². The minimum atomic E-state index is -3.05. The fourth-order valence-corrected chi connectivity index (χ4v) is 8.32. The molecule has 2 saturated heterocycles. The fourth-order valence-electron chi connectivity index (χ4n) is 4.24. The van der Waals surface area contributed by atoms with E-state index in [9.17, 15) is 21.6 Å². The van der Waals surface area contributed by atoms with Crippen molar-refractivity contribution in [2.45, 2.75) is 43.9 Å². The van der Waals surface area contributed by atoms with Gasteiger partial charge in [-0.15, -0.1) is 10.2 Å². The van der Waals surface area contributed by atoms with Crippen LogP contribution >= 0.6 is 11.8 Å². The zero-order chi connectivity index (χ0) is 21.7. The summed E-state index contributed by atoms with van der Waals surface area (Å²) < 4.78 is 54.4. The first-order valence-electron chi connectivity index (χ1n) is 9.63. The van der Waals surface area contributed by atoms with Gasteiger partial charge in [0.25, 0.3) is 5.22 Å². The standard InChI is InChI=1S/C18H23N3O6S3/c1-11-7-15(12(2)21(11)14-4-6-30(25,26)10-14)16(22)8-28-18-20-19-17(27-18)13-3-5-29(23,24)9-13/h7,13-14H,3-6,8-10H2,1-2H3/t13-,14+/m1/s1. The van der Waals surface area contributed by atoms with Crippen LogP contribution in [-0.2, 0) is 19.7 Å². The van der Waals surface area contributed by atoms with Gasteiger partial charge in [0.05, 0.1) is 34.7 Å². The van der Waals surface area contributed by atoms with Crippen molar-refractivity contribution in [1.29, 1.82) is 0 Å². The van der Waals surface area contributed by atoms with Crippen molar-refractivity contribution < 1.29 is 26.0 Å². The average Bonchev–Trinajstić information content (AvgIpc) is 3.40. The monoisotopic (exact) mass is 473 g/mol. The maximum absolute atomic E-state index is 12.8. The number of Topliss-reactive ketones (excluding diaryl/α,β-unsaturated/α-hetero) is 1. The van der Waals surface area contributed by atoms with Crippen LogP contribution in [0, 0.1) is 13.8 Å². The molecule has 4 heterocycles. The molecular weight excluding hydrogens is 450 g/mol. The van der Waals surface area contributed by atoms with Gasteiger partial charge in [-0.25, -0.2) is 16.8 Å². The minimum absolute atomic E-state index is 0.0150. The molecule has 0 aliphatic carbocycles. The Kier molecular flexibility index (Phi) is 5.60. The number of aryl methyl sites for hydroxylation is 1. The molecule has 2 fully saturated rings. The maximum Gasteiger partial charge on any atom is 0.277 e. The smallest absolute Gasteiger partial charge is 0.277 e. The van der Waals surface area contributed by atoms with E-state index in [0.717, 1.165) is 23.1 Å². The second-order valence-corrected chi connectivity index (χ2v) is 13.3. The van der Waals surface area contributed by atoms with E-state index in [1.165, 1.54) is 0 Å². The number of carbonyl (C=O) groups excluding carboxylic acids is 1. The number of hydrogen-bond acceptors (Lipinski definition) is 9. The van der Waals surface area contributed by atoms with Crippen LogP contribution in [0.2, 0.25) is 0 Å². The molecule has 12 heteroatoms. The maximum atomic E-state index is 12.8. The first-order chi connectivity index (χ1) is 14.0. The van der Waals surface area contributed by atoms with Gasteiger partial charge in [0.1, 0.15) is 0 Å². The fraction of sp³-hybridized carbons (Fsp3) is 0.611. The molecular formula is C18H23N3O6S3. The summed E-state index contributed by atoms with van der Waals surface area (Å²) in [5, 5.41) is 8.10. The first-order valence-corrected chi connectivity index (χ1v) is 14.3. The number of thioether (sulfide) groups is 1. The molecule has 0 N–H and O–H groups in total. The summed E-state index contributed by atoms with van der Waals surface area (Å²) >= 11 is 1.11. The molecule has 0 bridgehead atoms. The topological polar surface area (TPSA) is 129 Å². The molecule has 2 aromatic rings. The lowest BCUT2D eigenvalue weighted by atomic mass is 10.1. The van der Waals surface area contributed by atoms with Crippen molar-refractivity contribution in [3.63, 3.8) is 0 Å². The number of rotatable bonds is 6. The highest BCUT2D eigenvalue weighted by atomic mass is 32.2. The molecule has 0 saturated carbocycles. The lowest BCUT2D eigenvalue weighted by Gasteiger charge is -2.16. The van der Waals surface area contributed by atoms with Crippen molar-refractivity contribution >= 4 is 37.2 Å². The second-order valence-electron chi connectivity index (χ2n) is 7.93. The van der Waals surface area contributed by atoms with Gasteiger partial charge in [-0.05, 0) is 32.8 Å². The third-order valence-corrected chi connectivity index (χ3v) is 10.0. The molecule has 30 heavy (non-hydrogen) atoms. The van der Waals surface area contributed by atoms with E-state index >= 15 is 0 Å². The van der Waals surface area contributed by atoms with Crippen LogP contribution < -0.4 is 0 Å². The Bertz CT molecular complexity index is 1200. The van der Waals surface area contributed by atoms with E-state index < -0.39 is 19.7 Å². The Morgan fingerprint density at radius 2 is 1.83 bits per heavy atom. The Labute approximate surface area is 179 Å². The van der Waals surface area contributed by atoms with Crippen molar-refractivity contribution in [1.82, 2.24) is 14.8 Å².